The van der Waals surface area contributed by atoms with Gasteiger partial charge in [-0.25, -0.2) is 0 Å². The van der Waals surface area contributed by atoms with E-state index in [0.29, 0.717) is 31.5 Å². The Labute approximate surface area is 263 Å². The maximum absolute atomic E-state index is 12.5. The molecule has 3 atom stereocenters. The van der Waals surface area contributed by atoms with Crippen molar-refractivity contribution in [2.24, 2.45) is 0 Å². The van der Waals surface area contributed by atoms with Gasteiger partial charge in [0.25, 0.3) is 0 Å². The van der Waals surface area contributed by atoms with Crippen LogP contribution in [0.1, 0.15) is 72.3 Å². The second-order valence-corrected chi connectivity index (χ2v) is 11.6. The number of anilines is 1. The molecule has 0 spiro atoms. The number of carboxylic acids is 1. The number of aliphatic hydroxyl groups excluding tert-OH is 1. The molecule has 10 nitrogen and oxygen atoms in total. The minimum atomic E-state index is -0.859. The maximum Gasteiger partial charge on any atom is 0.303 e. The summed E-state index contributed by atoms with van der Waals surface area (Å²) in [5.41, 5.74) is 5.75. The number of rotatable bonds is 13. The first kappa shape index (κ1) is 32.4. The molecule has 0 radical (unpaired) electrons. The lowest BCUT2D eigenvalue weighted by Gasteiger charge is -2.39. The number of aliphatic carboxylic acids is 1. The molecule has 240 valence electrons. The Balaban J connectivity index is 1.30. The lowest BCUT2D eigenvalue weighted by atomic mass is 9.97. The van der Waals surface area contributed by atoms with Crippen LogP contribution >= 0.6 is 0 Å². The highest BCUT2D eigenvalue weighted by atomic mass is 16.7. The zero-order chi connectivity index (χ0) is 31.8. The highest BCUT2D eigenvalue weighted by Gasteiger charge is 2.34. The molecular formula is C35H42N2O8. The third-order valence-corrected chi connectivity index (χ3v) is 8.36. The highest BCUT2D eigenvalue weighted by molar-refractivity contribution is 5.90. The summed E-state index contributed by atoms with van der Waals surface area (Å²) < 4.78 is 24.2. The van der Waals surface area contributed by atoms with E-state index in [9.17, 15) is 14.7 Å². The van der Waals surface area contributed by atoms with Gasteiger partial charge in [0.15, 0.2) is 17.8 Å². The van der Waals surface area contributed by atoms with Gasteiger partial charge in [-0.15, -0.1) is 0 Å². The number of benzene rings is 3. The number of nitrogens with one attached hydrogen (secondary N) is 1. The van der Waals surface area contributed by atoms with E-state index in [1.807, 2.05) is 48.5 Å². The van der Waals surface area contributed by atoms with Gasteiger partial charge in [-0.3, -0.25) is 14.5 Å². The fourth-order valence-electron chi connectivity index (χ4n) is 5.97. The first-order valence-electron chi connectivity index (χ1n) is 15.4. The van der Waals surface area contributed by atoms with Gasteiger partial charge in [-0.05, 0) is 65.8 Å². The number of hydrogen-bond donors (Lipinski definition) is 3. The quantitative estimate of drug-likeness (QED) is 0.216. The van der Waals surface area contributed by atoms with E-state index >= 15 is 0 Å². The van der Waals surface area contributed by atoms with Crippen LogP contribution in [0, 0.1) is 0 Å². The molecule has 3 aromatic carbocycles. The monoisotopic (exact) mass is 618 g/mol. The van der Waals surface area contributed by atoms with Crippen molar-refractivity contribution in [2.75, 3.05) is 32.6 Å². The van der Waals surface area contributed by atoms with Crippen LogP contribution < -0.4 is 14.8 Å². The van der Waals surface area contributed by atoms with Crippen molar-refractivity contribution in [3.63, 3.8) is 0 Å². The Morgan fingerprint density at radius 2 is 1.67 bits per heavy atom. The normalized spacial score (nSPS) is 19.8. The molecule has 3 aromatic rings. The Morgan fingerprint density at radius 3 is 2.38 bits per heavy atom. The minimum absolute atomic E-state index is 0.0225. The number of ether oxygens (including phenoxy) is 4. The molecule has 0 bridgehead atoms. The van der Waals surface area contributed by atoms with Crippen LogP contribution in [0.15, 0.2) is 60.7 Å². The number of aliphatic hydroxyl groups is 1. The summed E-state index contributed by atoms with van der Waals surface area (Å²) in [7, 11) is 3.30. The van der Waals surface area contributed by atoms with E-state index in [4.69, 9.17) is 24.1 Å². The number of carbonyl (C=O) groups excluding carboxylic acids is 1. The largest absolute Gasteiger partial charge is 0.493 e. The number of amides is 1. The molecule has 5 rings (SSSR count). The van der Waals surface area contributed by atoms with Crippen LogP contribution in [-0.4, -0.2) is 60.4 Å². The van der Waals surface area contributed by atoms with Crippen molar-refractivity contribution in [3.8, 4) is 11.5 Å². The second kappa shape index (κ2) is 15.4. The average molecular weight is 619 g/mol. The Bertz CT molecular complexity index is 1460. The van der Waals surface area contributed by atoms with Crippen LogP contribution in [0.3, 0.4) is 0 Å². The van der Waals surface area contributed by atoms with Gasteiger partial charge in [-0.1, -0.05) is 36.4 Å². The van der Waals surface area contributed by atoms with E-state index in [0.717, 1.165) is 47.7 Å². The van der Waals surface area contributed by atoms with Gasteiger partial charge in [0.2, 0.25) is 5.91 Å². The summed E-state index contributed by atoms with van der Waals surface area (Å²) in [6.07, 6.45) is 1.82. The lowest BCUT2D eigenvalue weighted by Crippen LogP contribution is -2.41. The summed E-state index contributed by atoms with van der Waals surface area (Å²) in [6, 6.07) is 19.4. The molecule has 1 fully saturated rings. The Hall–Kier alpha value is -3.96. The van der Waals surface area contributed by atoms with E-state index in [2.05, 4.69) is 22.3 Å². The molecule has 0 aliphatic carbocycles. The van der Waals surface area contributed by atoms with Crippen LogP contribution in [0.4, 0.5) is 5.69 Å². The molecule has 10 heteroatoms. The lowest BCUT2D eigenvalue weighted by molar-refractivity contribution is -0.253. The Morgan fingerprint density at radius 1 is 0.933 bits per heavy atom. The molecule has 0 aromatic heterocycles. The highest BCUT2D eigenvalue weighted by Crippen LogP contribution is 2.39. The maximum atomic E-state index is 12.5. The molecule has 2 aliphatic heterocycles. The van der Waals surface area contributed by atoms with Crippen LogP contribution in [0.2, 0.25) is 0 Å². The predicted molar refractivity (Wildman–Crippen MR) is 168 cm³/mol. The molecular weight excluding hydrogens is 576 g/mol. The Kier molecular flexibility index (Phi) is 11.1. The number of methoxy groups -OCH3 is 2. The molecule has 45 heavy (non-hydrogen) atoms. The summed E-state index contributed by atoms with van der Waals surface area (Å²) in [5.74, 6) is 0.441. The summed E-state index contributed by atoms with van der Waals surface area (Å²) in [6.45, 7) is 2.35. The smallest absolute Gasteiger partial charge is 0.303 e. The molecule has 2 aliphatic rings. The van der Waals surface area contributed by atoms with Gasteiger partial charge in [0, 0.05) is 50.1 Å². The van der Waals surface area contributed by atoms with Gasteiger partial charge >= 0.3 is 5.97 Å². The first-order valence-corrected chi connectivity index (χ1v) is 15.4. The fraction of sp³-hybridized carbons (Fsp3) is 0.429. The number of nitrogens with zero attached hydrogens (tertiary/aromatic N) is 1. The van der Waals surface area contributed by atoms with E-state index in [-0.39, 0.29) is 37.6 Å². The first-order chi connectivity index (χ1) is 21.8. The van der Waals surface area contributed by atoms with Crippen molar-refractivity contribution in [2.45, 2.75) is 70.2 Å². The summed E-state index contributed by atoms with van der Waals surface area (Å²) >= 11 is 0. The molecule has 1 amide bonds. The van der Waals surface area contributed by atoms with Gasteiger partial charge < -0.3 is 34.5 Å². The molecule has 3 N–H and O–H groups in total. The number of carbonyl (C=O) groups is 2. The summed E-state index contributed by atoms with van der Waals surface area (Å²) in [5, 5.41) is 21.3. The second-order valence-electron chi connectivity index (χ2n) is 11.6. The van der Waals surface area contributed by atoms with Crippen LogP contribution in [0.5, 0.6) is 11.5 Å². The van der Waals surface area contributed by atoms with Gasteiger partial charge in [0.05, 0.1) is 33.0 Å². The number of carboxylic acid groups (broad SMARTS) is 1. The number of hydrogen-bond acceptors (Lipinski definition) is 8. The molecule has 2 heterocycles. The fourth-order valence-corrected chi connectivity index (χ4v) is 5.97. The van der Waals surface area contributed by atoms with Crippen molar-refractivity contribution < 1.29 is 38.7 Å². The zero-order valence-electron chi connectivity index (χ0n) is 25.9. The topological polar surface area (TPSA) is 127 Å². The van der Waals surface area contributed by atoms with E-state index in [1.54, 1.807) is 14.2 Å². The SMILES string of the molecule is COc1cc2c(cc1OC)CN(CC1CC(c3ccc(CO)cc3)OC(c3cccc(NC(=O)CCCCC(=O)O)c3)O1)CC2. The molecule has 1 saturated heterocycles. The van der Waals surface area contributed by atoms with Crippen molar-refractivity contribution in [3.05, 3.63) is 88.5 Å². The minimum Gasteiger partial charge on any atom is -0.493 e. The van der Waals surface area contributed by atoms with E-state index < -0.39 is 12.3 Å². The average Bonchev–Trinajstić information content (AvgIpc) is 3.06. The van der Waals surface area contributed by atoms with Crippen molar-refractivity contribution in [1.29, 1.82) is 0 Å². The zero-order valence-corrected chi connectivity index (χ0v) is 25.9. The van der Waals surface area contributed by atoms with Crippen LogP contribution in [0.25, 0.3) is 0 Å². The molecule has 3 unspecified atom stereocenters. The third kappa shape index (κ3) is 8.61. The van der Waals surface area contributed by atoms with Gasteiger partial charge in [-0.2, -0.15) is 0 Å². The third-order valence-electron chi connectivity index (χ3n) is 8.36. The standard InChI is InChI=1S/C35H42N2O8/c1-42-31-17-25-14-15-37(20-27(25)18-32(31)43-2)21-29-19-30(24-12-10-23(22-38)11-13-24)45-35(44-29)26-6-5-7-28(16-26)36-33(39)8-3-4-9-34(40)41/h5-7,10-13,16-18,29-30,35,38H,3-4,8-9,14-15,19-22H2,1-2H3,(H,36,39)(H,40,41). The van der Waals surface area contributed by atoms with Crippen molar-refractivity contribution in [1.82, 2.24) is 4.90 Å². The molecule has 0 saturated carbocycles. The van der Waals surface area contributed by atoms with Crippen molar-refractivity contribution >= 4 is 17.6 Å². The van der Waals surface area contributed by atoms with Gasteiger partial charge in [0.1, 0.15) is 0 Å². The predicted octanol–water partition coefficient (Wildman–Crippen LogP) is 5.38. The van der Waals surface area contributed by atoms with Crippen LogP contribution in [-0.2, 0) is 38.6 Å². The van der Waals surface area contributed by atoms with E-state index in [1.165, 1.54) is 11.1 Å². The summed E-state index contributed by atoms with van der Waals surface area (Å²) in [4.78, 5) is 25.7. The number of fused-ring (bicyclic) bond motifs is 1. The number of unbranched alkanes of at least 4 members (excludes halogenated alkanes) is 1.